The van der Waals surface area contributed by atoms with Crippen LogP contribution >= 0.6 is 0 Å². The first-order valence-electron chi connectivity index (χ1n) is 3.70. The molecule has 62 valence electrons. The van der Waals surface area contributed by atoms with E-state index >= 15 is 0 Å². The summed E-state index contributed by atoms with van der Waals surface area (Å²) in [7, 11) is 0. The molecule has 0 aliphatic heterocycles. The quantitative estimate of drug-likeness (QED) is 0.518. The van der Waals surface area contributed by atoms with Gasteiger partial charge in [-0.05, 0) is 12.2 Å². The molecule has 0 spiro atoms. The first kappa shape index (κ1) is 6.97. The smallest absolute Gasteiger partial charge is 0.323 e. The Balaban J connectivity index is 2.63. The molecular weight excluding hydrogens is 154 g/mol. The Kier molecular flexibility index (Phi) is 1.40. The van der Waals surface area contributed by atoms with Crippen LogP contribution in [0.3, 0.4) is 0 Å². The summed E-state index contributed by atoms with van der Waals surface area (Å²) in [5, 5.41) is 0. The van der Waals surface area contributed by atoms with Crippen LogP contribution in [-0.4, -0.2) is 9.97 Å². The normalized spacial score (nSPS) is 15.2. The third-order valence-electron chi connectivity index (χ3n) is 1.75. The molecule has 0 unspecified atom stereocenters. The van der Waals surface area contributed by atoms with Gasteiger partial charge in [0, 0.05) is 12.1 Å². The molecule has 1 heterocycles. The van der Waals surface area contributed by atoms with Gasteiger partial charge in [0.05, 0.1) is 11.4 Å². The first-order valence-corrected chi connectivity index (χ1v) is 3.70. The lowest BCUT2D eigenvalue weighted by Crippen LogP contribution is -2.01. The number of aromatic amines is 2. The second-order valence-electron chi connectivity index (χ2n) is 2.73. The number of hydrogen-bond acceptors (Lipinski definition) is 2. The van der Waals surface area contributed by atoms with Crippen LogP contribution in [0.2, 0.25) is 0 Å². The number of imidazole rings is 1. The molecule has 12 heavy (non-hydrogen) atoms. The number of nitrogens with two attached hydrogens (primary N) is 1. The zero-order chi connectivity index (χ0) is 8.55. The molecule has 2 rings (SSSR count). The van der Waals surface area contributed by atoms with Crippen molar-refractivity contribution in [2.75, 3.05) is 0 Å². The molecule has 1 aromatic rings. The van der Waals surface area contributed by atoms with Crippen LogP contribution in [0.5, 0.6) is 0 Å². The average molecular weight is 163 g/mol. The summed E-state index contributed by atoms with van der Waals surface area (Å²) in [5.41, 5.74) is 7.73. The highest BCUT2D eigenvalue weighted by Crippen LogP contribution is 2.13. The number of hydrogen-bond donors (Lipinski definition) is 3. The van der Waals surface area contributed by atoms with Crippen LogP contribution in [0.15, 0.2) is 16.6 Å². The Labute approximate surface area is 68.8 Å². The van der Waals surface area contributed by atoms with Crippen LogP contribution in [0, 0.1) is 0 Å². The molecule has 0 saturated heterocycles. The summed E-state index contributed by atoms with van der Waals surface area (Å²) >= 11 is 0. The molecule has 4 nitrogen and oxygen atoms in total. The summed E-state index contributed by atoms with van der Waals surface area (Å²) in [6.07, 6.45) is 6.27. The van der Waals surface area contributed by atoms with Crippen LogP contribution in [-0.2, 0) is 0 Å². The number of aromatic nitrogens is 2. The summed E-state index contributed by atoms with van der Waals surface area (Å²) in [4.78, 5) is 16.2. The molecule has 1 aliphatic carbocycles. The largest absolute Gasteiger partial charge is 0.402 e. The number of rotatable bonds is 0. The molecular formula is C8H9N3O. The van der Waals surface area contributed by atoms with Gasteiger partial charge in [-0.3, -0.25) is 0 Å². The van der Waals surface area contributed by atoms with E-state index in [2.05, 4.69) is 9.97 Å². The molecule has 0 atom stereocenters. The van der Waals surface area contributed by atoms with Crippen molar-refractivity contribution in [1.82, 2.24) is 9.97 Å². The zero-order valence-electron chi connectivity index (χ0n) is 6.42. The maximum Gasteiger partial charge on any atom is 0.323 e. The molecule has 4 heteroatoms. The third-order valence-corrected chi connectivity index (χ3v) is 1.75. The van der Waals surface area contributed by atoms with Crippen molar-refractivity contribution >= 4 is 12.2 Å². The molecule has 0 radical (unpaired) electrons. The minimum Gasteiger partial charge on any atom is -0.402 e. The van der Waals surface area contributed by atoms with E-state index in [0.29, 0.717) is 0 Å². The first-order chi connectivity index (χ1) is 5.75. The Morgan fingerprint density at radius 2 is 2.08 bits per heavy atom. The van der Waals surface area contributed by atoms with Crippen LogP contribution in [0.1, 0.15) is 17.8 Å². The fourth-order valence-corrected chi connectivity index (χ4v) is 1.21. The van der Waals surface area contributed by atoms with Crippen LogP contribution in [0.25, 0.3) is 12.2 Å². The van der Waals surface area contributed by atoms with Crippen LogP contribution < -0.4 is 11.4 Å². The molecule has 4 N–H and O–H groups in total. The van der Waals surface area contributed by atoms with Gasteiger partial charge >= 0.3 is 5.69 Å². The fraction of sp³-hybridized carbons (Fsp3) is 0.125. The minimum absolute atomic E-state index is 0.199. The van der Waals surface area contributed by atoms with Gasteiger partial charge in [-0.2, -0.15) is 0 Å². The van der Waals surface area contributed by atoms with Crippen molar-refractivity contribution in [1.29, 1.82) is 0 Å². The average Bonchev–Trinajstić information content (AvgIpc) is 2.23. The second-order valence-corrected chi connectivity index (χ2v) is 2.73. The molecule has 0 saturated carbocycles. The van der Waals surface area contributed by atoms with Crippen LogP contribution in [0.4, 0.5) is 0 Å². The van der Waals surface area contributed by atoms with Crippen molar-refractivity contribution in [3.05, 3.63) is 33.6 Å². The van der Waals surface area contributed by atoms with Crippen molar-refractivity contribution in [3.8, 4) is 0 Å². The molecule has 0 fully saturated rings. The summed E-state index contributed by atoms with van der Waals surface area (Å²) in [6.45, 7) is 0. The lowest BCUT2D eigenvalue weighted by molar-refractivity contribution is 1.16. The van der Waals surface area contributed by atoms with E-state index in [9.17, 15) is 4.79 Å². The van der Waals surface area contributed by atoms with Crippen molar-refractivity contribution in [2.24, 2.45) is 5.73 Å². The maximum atomic E-state index is 10.9. The SMILES string of the molecule is NC1=Cc2[nH]c(=O)[nH]c2C=CC1. The Hall–Kier alpha value is -1.71. The van der Waals surface area contributed by atoms with Crippen molar-refractivity contribution in [3.63, 3.8) is 0 Å². The topological polar surface area (TPSA) is 74.7 Å². The third kappa shape index (κ3) is 1.07. The number of nitrogens with one attached hydrogen (secondary N) is 2. The van der Waals surface area contributed by atoms with E-state index in [0.717, 1.165) is 23.5 Å². The summed E-state index contributed by atoms with van der Waals surface area (Å²) in [6, 6.07) is 0. The Bertz CT molecular complexity index is 408. The standard InChI is InChI=1S/C8H9N3O/c9-5-2-1-3-6-7(4-5)11-8(12)10-6/h1,3-4H,2,9H2,(H2,10,11,12). The lowest BCUT2D eigenvalue weighted by Gasteiger charge is -1.90. The van der Waals surface area contributed by atoms with Gasteiger partial charge in [-0.1, -0.05) is 6.08 Å². The number of allylic oxidation sites excluding steroid dienone is 1. The molecule has 1 aromatic heterocycles. The zero-order valence-corrected chi connectivity index (χ0v) is 6.42. The van der Waals surface area contributed by atoms with Gasteiger partial charge in [0.15, 0.2) is 0 Å². The molecule has 0 aromatic carbocycles. The minimum atomic E-state index is -0.199. The fourth-order valence-electron chi connectivity index (χ4n) is 1.21. The Morgan fingerprint density at radius 1 is 1.33 bits per heavy atom. The molecule has 0 bridgehead atoms. The van der Waals surface area contributed by atoms with Gasteiger partial charge in [0.1, 0.15) is 0 Å². The maximum absolute atomic E-state index is 10.9. The van der Waals surface area contributed by atoms with E-state index in [1.165, 1.54) is 0 Å². The van der Waals surface area contributed by atoms with Gasteiger partial charge < -0.3 is 15.7 Å². The highest BCUT2D eigenvalue weighted by atomic mass is 16.1. The van der Waals surface area contributed by atoms with E-state index in [4.69, 9.17) is 5.73 Å². The second kappa shape index (κ2) is 2.41. The molecule has 1 aliphatic rings. The lowest BCUT2D eigenvalue weighted by atomic mass is 10.3. The highest BCUT2D eigenvalue weighted by Gasteiger charge is 2.04. The van der Waals surface area contributed by atoms with Gasteiger partial charge in [0.25, 0.3) is 0 Å². The van der Waals surface area contributed by atoms with Gasteiger partial charge in [0.2, 0.25) is 0 Å². The van der Waals surface area contributed by atoms with Crippen molar-refractivity contribution < 1.29 is 0 Å². The summed E-state index contributed by atoms with van der Waals surface area (Å²) in [5.74, 6) is 0. The summed E-state index contributed by atoms with van der Waals surface area (Å²) < 4.78 is 0. The molecule has 0 amide bonds. The predicted molar refractivity (Wildman–Crippen MR) is 47.2 cm³/mol. The Morgan fingerprint density at radius 3 is 2.92 bits per heavy atom. The van der Waals surface area contributed by atoms with E-state index < -0.39 is 0 Å². The predicted octanol–water partition coefficient (Wildman–Crippen LogP) is 0.420. The number of fused-ring (bicyclic) bond motifs is 1. The monoisotopic (exact) mass is 163 g/mol. The highest BCUT2D eigenvalue weighted by molar-refractivity contribution is 5.63. The van der Waals surface area contributed by atoms with Gasteiger partial charge in [-0.25, -0.2) is 4.79 Å². The van der Waals surface area contributed by atoms with Crippen molar-refractivity contribution in [2.45, 2.75) is 6.42 Å². The van der Waals surface area contributed by atoms with Gasteiger partial charge in [-0.15, -0.1) is 0 Å². The van der Waals surface area contributed by atoms with E-state index in [1.54, 1.807) is 6.08 Å². The number of H-pyrrole nitrogens is 2. The van der Waals surface area contributed by atoms with E-state index in [-0.39, 0.29) is 5.69 Å². The van der Waals surface area contributed by atoms with E-state index in [1.807, 2.05) is 12.2 Å².